The van der Waals surface area contributed by atoms with Crippen LogP contribution in [0.25, 0.3) is 0 Å². The number of nitrogens with one attached hydrogen (secondary N) is 2. The zero-order chi connectivity index (χ0) is 21.8. The van der Waals surface area contributed by atoms with Crippen molar-refractivity contribution in [2.75, 3.05) is 33.8 Å². The molecule has 0 bridgehead atoms. The lowest BCUT2D eigenvalue weighted by molar-refractivity contribution is 0.198. The number of para-hydroxylation sites is 1. The maximum absolute atomic E-state index is 6.34. The molecule has 1 unspecified atom stereocenters. The smallest absolute Gasteiger partial charge is 0.191 e. The Balaban J connectivity index is 0.00000480. The molecule has 0 radical (unpaired) electrons. The molecule has 7 heteroatoms. The van der Waals surface area contributed by atoms with Crippen molar-refractivity contribution in [3.63, 3.8) is 0 Å². The maximum Gasteiger partial charge on any atom is 0.191 e. The second-order valence-electron chi connectivity index (χ2n) is 8.11. The highest BCUT2D eigenvalue weighted by atomic mass is 127. The highest BCUT2D eigenvalue weighted by molar-refractivity contribution is 14.0. The van der Waals surface area contributed by atoms with Crippen molar-refractivity contribution in [2.45, 2.75) is 78.0 Å². The van der Waals surface area contributed by atoms with Crippen LogP contribution in [0.5, 0.6) is 11.5 Å². The number of guanidine groups is 1. The number of hydrogen-bond acceptors (Lipinski definition) is 4. The molecule has 1 fully saturated rings. The topological polar surface area (TPSA) is 58.1 Å². The monoisotopic (exact) mass is 546 g/mol. The van der Waals surface area contributed by atoms with Gasteiger partial charge in [-0.15, -0.1) is 24.0 Å². The van der Waals surface area contributed by atoms with Crippen LogP contribution < -0.4 is 20.1 Å². The van der Waals surface area contributed by atoms with Gasteiger partial charge in [-0.2, -0.15) is 0 Å². The molecule has 0 aromatic heterocycles. The van der Waals surface area contributed by atoms with E-state index in [9.17, 15) is 0 Å². The van der Waals surface area contributed by atoms with Gasteiger partial charge in [-0.3, -0.25) is 4.99 Å². The number of halogens is 1. The van der Waals surface area contributed by atoms with Crippen LogP contribution in [0.3, 0.4) is 0 Å². The summed E-state index contributed by atoms with van der Waals surface area (Å²) in [6.45, 7) is 10.7. The number of ether oxygens (including phenoxy) is 2. The van der Waals surface area contributed by atoms with Gasteiger partial charge in [0.2, 0.25) is 0 Å². The lowest BCUT2D eigenvalue weighted by Crippen LogP contribution is -2.42. The molecule has 6 nitrogen and oxygen atoms in total. The van der Waals surface area contributed by atoms with Gasteiger partial charge in [0.25, 0.3) is 0 Å². The fraction of sp³-hybridized carbons (Fsp3) is 0.708. The molecule has 0 aliphatic heterocycles. The molecule has 1 aliphatic carbocycles. The third-order valence-corrected chi connectivity index (χ3v) is 5.93. The average Bonchev–Trinajstić information content (AvgIpc) is 3.28. The van der Waals surface area contributed by atoms with Gasteiger partial charge in [0.05, 0.1) is 13.2 Å². The van der Waals surface area contributed by atoms with Gasteiger partial charge in [0.15, 0.2) is 17.5 Å². The Morgan fingerprint density at radius 3 is 2.55 bits per heavy atom. The molecule has 0 amide bonds. The summed E-state index contributed by atoms with van der Waals surface area (Å²) >= 11 is 0. The van der Waals surface area contributed by atoms with Crippen molar-refractivity contribution < 1.29 is 9.47 Å². The number of nitrogens with zero attached hydrogens (tertiary/aromatic N) is 2. The average molecular weight is 547 g/mol. The predicted molar refractivity (Wildman–Crippen MR) is 141 cm³/mol. The SMILES string of the molecule is CCN(CC)CCCC(C)NC(=NC)NCc1cccc(OC)c1OC1CCCC1.I. The molecule has 0 spiro atoms. The first kappa shape index (κ1) is 27.8. The third-order valence-electron chi connectivity index (χ3n) is 5.93. The molecule has 178 valence electrons. The van der Waals surface area contributed by atoms with Crippen LogP contribution in [0.1, 0.15) is 64.9 Å². The Hall–Kier alpha value is -1.22. The second kappa shape index (κ2) is 15.6. The molecule has 1 aliphatic rings. The minimum absolute atomic E-state index is 0. The standard InChI is InChI=1S/C24H42N4O2.HI/c1-6-28(7-2)17-11-12-19(3)27-24(25-4)26-18-20-13-10-16-22(29-5)23(20)30-21-14-8-9-15-21;/h10,13,16,19,21H,6-9,11-12,14-15,17-18H2,1-5H3,(H2,25,26,27);1H. The minimum Gasteiger partial charge on any atom is -0.493 e. The van der Waals surface area contributed by atoms with Crippen LogP contribution in [-0.2, 0) is 6.54 Å². The number of aliphatic imine (C=N–C) groups is 1. The lowest BCUT2D eigenvalue weighted by atomic mass is 10.1. The van der Waals surface area contributed by atoms with Gasteiger partial charge in [-0.1, -0.05) is 26.0 Å². The number of hydrogen-bond donors (Lipinski definition) is 2. The van der Waals surface area contributed by atoms with Crippen molar-refractivity contribution in [1.29, 1.82) is 0 Å². The Kier molecular flexibility index (Phi) is 14.0. The van der Waals surface area contributed by atoms with Crippen LogP contribution >= 0.6 is 24.0 Å². The second-order valence-corrected chi connectivity index (χ2v) is 8.11. The van der Waals surface area contributed by atoms with E-state index in [1.54, 1.807) is 7.11 Å². The van der Waals surface area contributed by atoms with E-state index >= 15 is 0 Å². The van der Waals surface area contributed by atoms with Gasteiger partial charge >= 0.3 is 0 Å². The summed E-state index contributed by atoms with van der Waals surface area (Å²) in [5.41, 5.74) is 1.10. The van der Waals surface area contributed by atoms with Crippen LogP contribution in [-0.4, -0.2) is 56.8 Å². The van der Waals surface area contributed by atoms with E-state index in [0.29, 0.717) is 18.7 Å². The number of benzene rings is 1. The summed E-state index contributed by atoms with van der Waals surface area (Å²) in [5.74, 6) is 2.48. The Morgan fingerprint density at radius 1 is 1.23 bits per heavy atom. The predicted octanol–water partition coefficient (Wildman–Crippen LogP) is 4.81. The molecule has 1 aromatic carbocycles. The molecular weight excluding hydrogens is 503 g/mol. The molecule has 0 heterocycles. The summed E-state index contributed by atoms with van der Waals surface area (Å²) in [7, 11) is 3.52. The Labute approximate surface area is 206 Å². The van der Waals surface area contributed by atoms with Crippen LogP contribution in [0.4, 0.5) is 0 Å². The fourth-order valence-corrected chi connectivity index (χ4v) is 4.01. The summed E-state index contributed by atoms with van der Waals surface area (Å²) in [5, 5.41) is 6.96. The summed E-state index contributed by atoms with van der Waals surface area (Å²) in [4.78, 5) is 6.87. The van der Waals surface area contributed by atoms with Crippen molar-refractivity contribution in [3.05, 3.63) is 23.8 Å². The highest BCUT2D eigenvalue weighted by Gasteiger charge is 2.20. The van der Waals surface area contributed by atoms with Gasteiger partial charge in [0.1, 0.15) is 0 Å². The molecule has 1 saturated carbocycles. The van der Waals surface area contributed by atoms with E-state index < -0.39 is 0 Å². The molecule has 2 N–H and O–H groups in total. The molecule has 1 aromatic rings. The van der Waals surface area contributed by atoms with Crippen molar-refractivity contribution >= 4 is 29.9 Å². The van der Waals surface area contributed by atoms with Crippen LogP contribution in [0, 0.1) is 0 Å². The maximum atomic E-state index is 6.34. The summed E-state index contributed by atoms with van der Waals surface area (Å²) in [6, 6.07) is 6.45. The van der Waals surface area contributed by atoms with E-state index in [4.69, 9.17) is 9.47 Å². The van der Waals surface area contributed by atoms with Gasteiger partial charge in [-0.05, 0) is 71.1 Å². The number of methoxy groups -OCH3 is 1. The van der Waals surface area contributed by atoms with E-state index in [2.05, 4.69) is 47.4 Å². The van der Waals surface area contributed by atoms with Crippen molar-refractivity contribution in [3.8, 4) is 11.5 Å². The zero-order valence-electron chi connectivity index (χ0n) is 20.1. The van der Waals surface area contributed by atoms with Gasteiger partial charge in [0, 0.05) is 25.2 Å². The first-order chi connectivity index (χ1) is 14.6. The number of rotatable bonds is 12. The van der Waals surface area contributed by atoms with Crippen molar-refractivity contribution in [1.82, 2.24) is 15.5 Å². The highest BCUT2D eigenvalue weighted by Crippen LogP contribution is 2.34. The van der Waals surface area contributed by atoms with E-state index in [-0.39, 0.29) is 24.0 Å². The van der Waals surface area contributed by atoms with E-state index in [0.717, 1.165) is 61.9 Å². The summed E-state index contributed by atoms with van der Waals surface area (Å²) in [6.07, 6.45) is 7.34. The molecular formula is C24H43IN4O2. The van der Waals surface area contributed by atoms with Crippen molar-refractivity contribution in [2.24, 2.45) is 4.99 Å². The van der Waals surface area contributed by atoms with Gasteiger partial charge in [-0.25, -0.2) is 0 Å². The Bertz CT molecular complexity index is 646. The lowest BCUT2D eigenvalue weighted by Gasteiger charge is -2.22. The molecule has 31 heavy (non-hydrogen) atoms. The third kappa shape index (κ3) is 9.43. The van der Waals surface area contributed by atoms with Gasteiger partial charge < -0.3 is 25.0 Å². The quantitative estimate of drug-likeness (QED) is 0.224. The van der Waals surface area contributed by atoms with E-state index in [1.165, 1.54) is 19.3 Å². The largest absolute Gasteiger partial charge is 0.493 e. The first-order valence-corrected chi connectivity index (χ1v) is 11.6. The van der Waals surface area contributed by atoms with E-state index in [1.807, 2.05) is 19.2 Å². The molecule has 2 rings (SSSR count). The normalized spacial score (nSPS) is 15.5. The first-order valence-electron chi connectivity index (χ1n) is 11.6. The molecule has 0 saturated heterocycles. The van der Waals surface area contributed by atoms with Crippen LogP contribution in [0.15, 0.2) is 23.2 Å². The fourth-order valence-electron chi connectivity index (χ4n) is 4.01. The Morgan fingerprint density at radius 2 is 1.94 bits per heavy atom. The molecule has 1 atom stereocenters. The zero-order valence-corrected chi connectivity index (χ0v) is 22.4. The minimum atomic E-state index is 0. The van der Waals surface area contributed by atoms with Crippen LogP contribution in [0.2, 0.25) is 0 Å². The summed E-state index contributed by atoms with van der Waals surface area (Å²) < 4.78 is 11.9.